The van der Waals surface area contributed by atoms with E-state index in [0.29, 0.717) is 13.2 Å². The summed E-state index contributed by atoms with van der Waals surface area (Å²) in [7, 11) is 2.06. The number of carbonyl (C=O) groups is 1. The second-order valence-electron chi connectivity index (χ2n) is 8.68. The van der Waals surface area contributed by atoms with Crippen LogP contribution in [0.2, 0.25) is 0 Å². The zero-order chi connectivity index (χ0) is 20.9. The van der Waals surface area contributed by atoms with Crippen molar-refractivity contribution in [1.82, 2.24) is 10.2 Å². The SMILES string of the molecule is CC1CCN(c2ccc(CNC(=O)[C@@H]3OCCN(C)[C@H]3c3ccccc3)cc2)CC1. The monoisotopic (exact) mass is 407 g/mol. The molecule has 5 nitrogen and oxygen atoms in total. The minimum absolute atomic E-state index is 0.0514. The first-order valence-electron chi connectivity index (χ1n) is 11.1. The maximum Gasteiger partial charge on any atom is 0.251 e. The number of carbonyl (C=O) groups excluding carboxylic acids is 1. The maximum absolute atomic E-state index is 13.0. The lowest BCUT2D eigenvalue weighted by Gasteiger charge is -2.38. The van der Waals surface area contributed by atoms with Crippen molar-refractivity contribution in [1.29, 1.82) is 0 Å². The Bertz CT molecular complexity index is 816. The predicted octanol–water partition coefficient (Wildman–Crippen LogP) is 3.61. The Hall–Kier alpha value is -2.37. The van der Waals surface area contributed by atoms with Crippen LogP contribution in [-0.4, -0.2) is 50.2 Å². The highest BCUT2D eigenvalue weighted by molar-refractivity contribution is 5.82. The largest absolute Gasteiger partial charge is 0.372 e. The standard InChI is InChI=1S/C25H33N3O2/c1-19-12-14-28(15-13-19)22-10-8-20(9-11-22)18-26-25(29)24-23(27(2)16-17-30-24)21-6-4-3-5-7-21/h3-11,19,23-24H,12-18H2,1-2H3,(H,26,29)/t23-,24+/m0/s1. The van der Waals surface area contributed by atoms with Crippen LogP contribution in [0.25, 0.3) is 0 Å². The minimum atomic E-state index is -0.499. The highest BCUT2D eigenvalue weighted by atomic mass is 16.5. The third-order valence-electron chi connectivity index (χ3n) is 6.45. The molecule has 2 fully saturated rings. The van der Waals surface area contributed by atoms with Gasteiger partial charge in [0.25, 0.3) is 5.91 Å². The highest BCUT2D eigenvalue weighted by Gasteiger charge is 2.36. The fourth-order valence-corrected chi connectivity index (χ4v) is 4.46. The Kier molecular flexibility index (Phi) is 6.70. The summed E-state index contributed by atoms with van der Waals surface area (Å²) in [6, 6.07) is 18.7. The number of benzene rings is 2. The topological polar surface area (TPSA) is 44.8 Å². The Morgan fingerprint density at radius 3 is 2.43 bits per heavy atom. The summed E-state index contributed by atoms with van der Waals surface area (Å²) < 4.78 is 5.91. The number of nitrogens with one attached hydrogen (secondary N) is 1. The highest BCUT2D eigenvalue weighted by Crippen LogP contribution is 2.28. The quantitative estimate of drug-likeness (QED) is 0.822. The molecule has 4 rings (SSSR count). The van der Waals surface area contributed by atoms with Gasteiger partial charge in [-0.3, -0.25) is 9.69 Å². The van der Waals surface area contributed by atoms with E-state index in [2.05, 4.69) is 65.5 Å². The molecule has 0 saturated carbocycles. The number of morpholine rings is 1. The molecule has 2 saturated heterocycles. The average Bonchev–Trinajstić information content (AvgIpc) is 2.79. The second-order valence-corrected chi connectivity index (χ2v) is 8.68. The molecule has 160 valence electrons. The summed E-state index contributed by atoms with van der Waals surface area (Å²) in [5.41, 5.74) is 3.50. The van der Waals surface area contributed by atoms with Gasteiger partial charge in [0.2, 0.25) is 0 Å². The Morgan fingerprint density at radius 2 is 1.73 bits per heavy atom. The normalized spacial score (nSPS) is 23.3. The van der Waals surface area contributed by atoms with E-state index in [-0.39, 0.29) is 11.9 Å². The van der Waals surface area contributed by atoms with Crippen LogP contribution in [0.3, 0.4) is 0 Å². The lowest BCUT2D eigenvalue weighted by atomic mass is 9.97. The zero-order valence-corrected chi connectivity index (χ0v) is 18.1. The first kappa shape index (κ1) is 20.9. The second kappa shape index (κ2) is 9.63. The van der Waals surface area contributed by atoms with Crippen LogP contribution >= 0.6 is 0 Å². The smallest absolute Gasteiger partial charge is 0.251 e. The first-order chi connectivity index (χ1) is 14.6. The van der Waals surface area contributed by atoms with Gasteiger partial charge in [-0.25, -0.2) is 0 Å². The van der Waals surface area contributed by atoms with Crippen LogP contribution < -0.4 is 10.2 Å². The van der Waals surface area contributed by atoms with Crippen LogP contribution in [0, 0.1) is 5.92 Å². The molecule has 5 heteroatoms. The maximum atomic E-state index is 13.0. The van der Waals surface area contributed by atoms with Gasteiger partial charge in [0, 0.05) is 31.9 Å². The molecule has 30 heavy (non-hydrogen) atoms. The van der Waals surface area contributed by atoms with Crippen LogP contribution in [0.5, 0.6) is 0 Å². The van der Waals surface area contributed by atoms with Gasteiger partial charge in [0.05, 0.1) is 12.6 Å². The summed E-state index contributed by atoms with van der Waals surface area (Å²) in [6.45, 7) is 6.50. The number of hydrogen-bond acceptors (Lipinski definition) is 4. The van der Waals surface area contributed by atoms with Crippen molar-refractivity contribution in [3.63, 3.8) is 0 Å². The molecule has 2 aliphatic rings. The molecule has 0 spiro atoms. The van der Waals surface area contributed by atoms with E-state index >= 15 is 0 Å². The predicted molar refractivity (Wildman–Crippen MR) is 120 cm³/mol. The van der Waals surface area contributed by atoms with E-state index in [0.717, 1.165) is 36.7 Å². The van der Waals surface area contributed by atoms with Gasteiger partial charge < -0.3 is 15.0 Å². The molecule has 0 radical (unpaired) electrons. The fraction of sp³-hybridized carbons (Fsp3) is 0.480. The van der Waals surface area contributed by atoms with Crippen molar-refractivity contribution in [2.24, 2.45) is 5.92 Å². The van der Waals surface area contributed by atoms with Gasteiger partial charge in [-0.05, 0) is 49.1 Å². The lowest BCUT2D eigenvalue weighted by molar-refractivity contribution is -0.144. The molecular weight excluding hydrogens is 374 g/mol. The number of ether oxygens (including phenoxy) is 1. The number of rotatable bonds is 5. The first-order valence-corrected chi connectivity index (χ1v) is 11.1. The molecule has 0 unspecified atom stereocenters. The van der Waals surface area contributed by atoms with Gasteiger partial charge in [-0.2, -0.15) is 0 Å². The summed E-state index contributed by atoms with van der Waals surface area (Å²) in [4.78, 5) is 17.6. The fourth-order valence-electron chi connectivity index (χ4n) is 4.46. The van der Waals surface area contributed by atoms with E-state index in [1.54, 1.807) is 0 Å². The molecule has 1 N–H and O–H groups in total. The molecule has 0 bridgehead atoms. The van der Waals surface area contributed by atoms with Crippen LogP contribution in [0.4, 0.5) is 5.69 Å². The molecular formula is C25H33N3O2. The van der Waals surface area contributed by atoms with Crippen LogP contribution in [-0.2, 0) is 16.1 Å². The molecule has 2 heterocycles. The summed E-state index contributed by atoms with van der Waals surface area (Å²) >= 11 is 0. The van der Waals surface area contributed by atoms with E-state index in [9.17, 15) is 4.79 Å². The number of anilines is 1. The number of nitrogens with zero attached hydrogens (tertiary/aromatic N) is 2. The molecule has 2 atom stereocenters. The van der Waals surface area contributed by atoms with E-state index in [1.807, 2.05) is 18.2 Å². The van der Waals surface area contributed by atoms with Crippen LogP contribution in [0.15, 0.2) is 54.6 Å². The molecule has 0 aliphatic carbocycles. The molecule has 2 aromatic carbocycles. The molecule has 0 aromatic heterocycles. The Balaban J connectivity index is 1.36. The number of likely N-dealkylation sites (N-methyl/N-ethyl adjacent to an activating group) is 1. The third-order valence-corrected chi connectivity index (χ3v) is 6.45. The van der Waals surface area contributed by atoms with E-state index in [1.165, 1.54) is 18.5 Å². The Morgan fingerprint density at radius 1 is 1.03 bits per heavy atom. The molecule has 2 aromatic rings. The van der Waals surface area contributed by atoms with Gasteiger partial charge >= 0.3 is 0 Å². The molecule has 1 amide bonds. The van der Waals surface area contributed by atoms with Gasteiger partial charge in [-0.15, -0.1) is 0 Å². The van der Waals surface area contributed by atoms with Gasteiger partial charge in [-0.1, -0.05) is 49.4 Å². The summed E-state index contributed by atoms with van der Waals surface area (Å²) in [5, 5.41) is 3.09. The van der Waals surface area contributed by atoms with Crippen LogP contribution in [0.1, 0.15) is 36.9 Å². The summed E-state index contributed by atoms with van der Waals surface area (Å²) in [5.74, 6) is 0.779. The van der Waals surface area contributed by atoms with Crippen molar-refractivity contribution in [3.05, 3.63) is 65.7 Å². The zero-order valence-electron chi connectivity index (χ0n) is 18.1. The molecule has 2 aliphatic heterocycles. The van der Waals surface area contributed by atoms with Crippen molar-refractivity contribution in [2.75, 3.05) is 38.2 Å². The average molecular weight is 408 g/mol. The minimum Gasteiger partial charge on any atom is -0.372 e. The summed E-state index contributed by atoms with van der Waals surface area (Å²) in [6.07, 6.45) is 2.02. The van der Waals surface area contributed by atoms with Crippen molar-refractivity contribution in [3.8, 4) is 0 Å². The van der Waals surface area contributed by atoms with Gasteiger partial charge in [0.1, 0.15) is 0 Å². The van der Waals surface area contributed by atoms with Crippen molar-refractivity contribution < 1.29 is 9.53 Å². The lowest BCUT2D eigenvalue weighted by Crippen LogP contribution is -2.50. The van der Waals surface area contributed by atoms with Crippen molar-refractivity contribution >= 4 is 11.6 Å². The van der Waals surface area contributed by atoms with Gasteiger partial charge in [0.15, 0.2) is 6.10 Å². The van der Waals surface area contributed by atoms with Crippen molar-refractivity contribution in [2.45, 2.75) is 38.5 Å². The van der Waals surface area contributed by atoms with E-state index < -0.39 is 6.10 Å². The van der Waals surface area contributed by atoms with E-state index in [4.69, 9.17) is 4.74 Å². The number of amides is 1. The number of hydrogen-bond donors (Lipinski definition) is 1. The number of piperidine rings is 1. The third kappa shape index (κ3) is 4.85. The Labute approximate surface area is 180 Å².